The molecule has 0 saturated heterocycles. The number of likely N-dealkylation sites (N-methyl/N-ethyl adjacent to an activating group) is 1. The van der Waals surface area contributed by atoms with Crippen LogP contribution in [0.1, 0.15) is 30.9 Å². The van der Waals surface area contributed by atoms with Crippen LogP contribution in [-0.4, -0.2) is 48.9 Å². The van der Waals surface area contributed by atoms with Gasteiger partial charge in [0.2, 0.25) is 0 Å². The smallest absolute Gasteiger partial charge is 0.0820 e. The maximum Gasteiger partial charge on any atom is 0.0820 e. The fourth-order valence-electron chi connectivity index (χ4n) is 3.12. The molecule has 19 heavy (non-hydrogen) atoms. The number of hydrogen-bond acceptors (Lipinski definition) is 3. The molecule has 1 aromatic rings. The van der Waals surface area contributed by atoms with Crippen LogP contribution in [0.3, 0.4) is 0 Å². The number of hydrogen-bond donors (Lipinski definition) is 1. The first-order chi connectivity index (χ1) is 9.13. The van der Waals surface area contributed by atoms with Crippen LogP contribution in [0.15, 0.2) is 6.20 Å². The molecule has 2 atom stereocenters. The molecule has 5 heteroatoms. The summed E-state index contributed by atoms with van der Waals surface area (Å²) in [6.07, 6.45) is 5.63. The van der Waals surface area contributed by atoms with E-state index in [0.29, 0.717) is 11.8 Å². The first kappa shape index (κ1) is 14.8. The average molecular weight is 285 g/mol. The van der Waals surface area contributed by atoms with Crippen molar-refractivity contribution in [1.82, 2.24) is 20.0 Å². The highest BCUT2D eigenvalue weighted by molar-refractivity contribution is 6.31. The number of nitrogens with zero attached hydrogens (tertiary/aromatic N) is 3. The third-order valence-electron chi connectivity index (χ3n) is 4.07. The molecule has 0 spiro atoms. The fourth-order valence-corrected chi connectivity index (χ4v) is 3.40. The molecule has 2 unspecified atom stereocenters. The van der Waals surface area contributed by atoms with Crippen LogP contribution in [0.25, 0.3) is 0 Å². The Hall–Kier alpha value is -0.580. The molecule has 108 valence electrons. The van der Waals surface area contributed by atoms with Gasteiger partial charge >= 0.3 is 0 Å². The van der Waals surface area contributed by atoms with Gasteiger partial charge in [-0.05, 0) is 46.4 Å². The van der Waals surface area contributed by atoms with Gasteiger partial charge in [0.25, 0.3) is 0 Å². The number of rotatable bonds is 6. The van der Waals surface area contributed by atoms with Crippen molar-refractivity contribution in [3.63, 3.8) is 0 Å². The van der Waals surface area contributed by atoms with Crippen molar-refractivity contribution in [2.45, 2.75) is 31.7 Å². The zero-order valence-electron chi connectivity index (χ0n) is 12.2. The van der Waals surface area contributed by atoms with E-state index in [4.69, 9.17) is 11.6 Å². The fraction of sp³-hybridized carbons (Fsp3) is 0.786. The highest BCUT2D eigenvalue weighted by Crippen LogP contribution is 2.41. The van der Waals surface area contributed by atoms with Gasteiger partial charge in [0.05, 0.1) is 23.5 Å². The van der Waals surface area contributed by atoms with E-state index in [1.54, 1.807) is 6.20 Å². The van der Waals surface area contributed by atoms with Crippen molar-refractivity contribution in [2.75, 3.05) is 34.2 Å². The summed E-state index contributed by atoms with van der Waals surface area (Å²) in [6, 6.07) is 0. The second-order valence-electron chi connectivity index (χ2n) is 5.76. The molecular weight excluding hydrogens is 260 g/mol. The summed E-state index contributed by atoms with van der Waals surface area (Å²) in [5, 5.41) is 8.61. The van der Waals surface area contributed by atoms with E-state index in [1.165, 1.54) is 25.0 Å². The van der Waals surface area contributed by atoms with Crippen LogP contribution in [0.2, 0.25) is 5.02 Å². The Balaban J connectivity index is 2.15. The predicted octanol–water partition coefficient (Wildman–Crippen LogP) is 2.20. The summed E-state index contributed by atoms with van der Waals surface area (Å²) >= 11 is 6.39. The highest BCUT2D eigenvalue weighted by atomic mass is 35.5. The van der Waals surface area contributed by atoms with Gasteiger partial charge in [0.1, 0.15) is 0 Å². The molecule has 0 aliphatic heterocycles. The average Bonchev–Trinajstić information content (AvgIpc) is 2.94. The minimum Gasteiger partial charge on any atom is -0.319 e. The molecular formula is C14H25ClN4. The summed E-state index contributed by atoms with van der Waals surface area (Å²) in [5.74, 6) is 1.25. The molecule has 1 aliphatic rings. The van der Waals surface area contributed by atoms with Gasteiger partial charge in [-0.3, -0.25) is 4.68 Å². The van der Waals surface area contributed by atoms with Crippen LogP contribution in [0.5, 0.6) is 0 Å². The SMILES string of the molecule is CNCC1CCCC1c1c(Cl)cnn1CCN(C)C. The lowest BCUT2D eigenvalue weighted by atomic mass is 9.92. The Labute approximate surface area is 121 Å². The summed E-state index contributed by atoms with van der Waals surface area (Å²) in [5.41, 5.74) is 1.25. The standard InChI is InChI=1S/C14H25ClN4/c1-16-9-11-5-4-6-12(11)14-13(15)10-17-19(14)8-7-18(2)3/h10-12,16H,4-9H2,1-3H3. The minimum absolute atomic E-state index is 0.560. The molecule has 2 rings (SSSR count). The number of halogens is 1. The first-order valence-electron chi connectivity index (χ1n) is 7.14. The first-order valence-corrected chi connectivity index (χ1v) is 7.51. The molecule has 0 radical (unpaired) electrons. The van der Waals surface area contributed by atoms with Gasteiger partial charge in [0.15, 0.2) is 0 Å². The third kappa shape index (κ3) is 3.50. The van der Waals surface area contributed by atoms with Gasteiger partial charge < -0.3 is 10.2 Å². The normalized spacial score (nSPS) is 23.4. The largest absolute Gasteiger partial charge is 0.319 e. The second kappa shape index (κ2) is 6.73. The molecule has 1 heterocycles. The molecule has 1 N–H and O–H groups in total. The van der Waals surface area contributed by atoms with Crippen molar-refractivity contribution in [2.24, 2.45) is 5.92 Å². The van der Waals surface area contributed by atoms with Crippen molar-refractivity contribution in [1.29, 1.82) is 0 Å². The molecule has 1 aromatic heterocycles. The van der Waals surface area contributed by atoms with Crippen molar-refractivity contribution >= 4 is 11.6 Å². The van der Waals surface area contributed by atoms with Crippen molar-refractivity contribution in [3.05, 3.63) is 16.9 Å². The Morgan fingerprint density at radius 2 is 2.26 bits per heavy atom. The lowest BCUT2D eigenvalue weighted by molar-refractivity contribution is 0.358. The van der Waals surface area contributed by atoms with Crippen LogP contribution >= 0.6 is 11.6 Å². The van der Waals surface area contributed by atoms with E-state index in [1.807, 2.05) is 7.05 Å². The van der Waals surface area contributed by atoms with Crippen LogP contribution in [0, 0.1) is 5.92 Å². The highest BCUT2D eigenvalue weighted by Gasteiger charge is 2.32. The molecule has 4 nitrogen and oxygen atoms in total. The monoisotopic (exact) mass is 284 g/mol. The topological polar surface area (TPSA) is 33.1 Å². The summed E-state index contributed by atoms with van der Waals surface area (Å²) in [4.78, 5) is 2.18. The number of nitrogens with one attached hydrogen (secondary N) is 1. The summed E-state index contributed by atoms with van der Waals surface area (Å²) in [6.45, 7) is 2.98. The van der Waals surface area contributed by atoms with Gasteiger partial charge in [-0.15, -0.1) is 0 Å². The zero-order valence-corrected chi connectivity index (χ0v) is 13.0. The minimum atomic E-state index is 0.560. The summed E-state index contributed by atoms with van der Waals surface area (Å²) < 4.78 is 2.11. The van der Waals surface area contributed by atoms with E-state index in [-0.39, 0.29) is 0 Å². The van der Waals surface area contributed by atoms with Crippen molar-refractivity contribution in [3.8, 4) is 0 Å². The lowest BCUT2D eigenvalue weighted by Gasteiger charge is -2.22. The van der Waals surface area contributed by atoms with Crippen molar-refractivity contribution < 1.29 is 0 Å². The maximum absolute atomic E-state index is 6.39. The van der Waals surface area contributed by atoms with Gasteiger partial charge in [-0.1, -0.05) is 18.0 Å². The lowest BCUT2D eigenvalue weighted by Crippen LogP contribution is -2.25. The second-order valence-corrected chi connectivity index (χ2v) is 6.17. The molecule has 1 aliphatic carbocycles. The molecule has 0 bridgehead atoms. The van der Waals surface area contributed by atoms with E-state index in [9.17, 15) is 0 Å². The van der Waals surface area contributed by atoms with E-state index < -0.39 is 0 Å². The van der Waals surface area contributed by atoms with E-state index >= 15 is 0 Å². The van der Waals surface area contributed by atoms with Gasteiger partial charge in [-0.25, -0.2) is 0 Å². The number of aromatic nitrogens is 2. The molecule has 1 fully saturated rings. The Morgan fingerprint density at radius 1 is 1.47 bits per heavy atom. The molecule has 1 saturated carbocycles. The maximum atomic E-state index is 6.39. The molecule has 0 aromatic carbocycles. The molecule has 0 amide bonds. The van der Waals surface area contributed by atoms with E-state index in [2.05, 4.69) is 34.1 Å². The van der Waals surface area contributed by atoms with Gasteiger partial charge in [-0.2, -0.15) is 5.10 Å². The zero-order chi connectivity index (χ0) is 13.8. The Bertz CT molecular complexity index is 402. The van der Waals surface area contributed by atoms with Gasteiger partial charge in [0, 0.05) is 12.5 Å². The quantitative estimate of drug-likeness (QED) is 0.869. The third-order valence-corrected chi connectivity index (χ3v) is 4.36. The van der Waals surface area contributed by atoms with Crippen LogP contribution < -0.4 is 5.32 Å². The van der Waals surface area contributed by atoms with Crippen LogP contribution in [0.4, 0.5) is 0 Å². The van der Waals surface area contributed by atoms with E-state index in [0.717, 1.165) is 24.7 Å². The predicted molar refractivity (Wildman–Crippen MR) is 79.8 cm³/mol. The Kier molecular flexibility index (Phi) is 5.25. The van der Waals surface area contributed by atoms with Crippen LogP contribution in [-0.2, 0) is 6.54 Å². The summed E-state index contributed by atoms with van der Waals surface area (Å²) in [7, 11) is 6.20. The Morgan fingerprint density at radius 3 is 2.95 bits per heavy atom.